The summed E-state index contributed by atoms with van der Waals surface area (Å²) in [5.41, 5.74) is 1.75. The first-order chi connectivity index (χ1) is 11.8. The largest absolute Gasteiger partial charge is 0.481 e. The molecule has 0 unspecified atom stereocenters. The van der Waals surface area contributed by atoms with Crippen LogP contribution in [0, 0.1) is 0 Å². The molecule has 2 aromatic heterocycles. The van der Waals surface area contributed by atoms with E-state index in [4.69, 9.17) is 4.74 Å². The minimum absolute atomic E-state index is 0.0487. The molecular formula is C19H19N3O2. The maximum atomic E-state index is 12.5. The van der Waals surface area contributed by atoms with Crippen LogP contribution in [0.3, 0.4) is 0 Å². The molecule has 0 aliphatic rings. The van der Waals surface area contributed by atoms with Gasteiger partial charge < -0.3 is 14.6 Å². The molecule has 24 heavy (non-hydrogen) atoms. The van der Waals surface area contributed by atoms with Crippen LogP contribution in [0.1, 0.15) is 18.0 Å². The van der Waals surface area contributed by atoms with Crippen LogP contribution < -0.4 is 10.1 Å². The van der Waals surface area contributed by atoms with Crippen LogP contribution in [0.25, 0.3) is 0 Å². The highest BCUT2D eigenvalue weighted by Gasteiger charge is 2.17. The molecule has 0 saturated carbocycles. The van der Waals surface area contributed by atoms with E-state index in [-0.39, 0.29) is 11.9 Å². The van der Waals surface area contributed by atoms with Crippen molar-refractivity contribution in [2.24, 2.45) is 0 Å². The Hall–Kier alpha value is -3.08. The number of benzene rings is 1. The molecule has 5 nitrogen and oxygen atoms in total. The lowest BCUT2D eigenvalue weighted by Crippen LogP contribution is -2.19. The number of methoxy groups -OCH3 is 1. The first-order valence-electron chi connectivity index (χ1n) is 7.73. The van der Waals surface area contributed by atoms with Crippen molar-refractivity contribution in [3.05, 3.63) is 78.8 Å². The summed E-state index contributed by atoms with van der Waals surface area (Å²) in [6.45, 7) is 0. The Morgan fingerprint density at radius 2 is 1.88 bits per heavy atom. The molecule has 3 aromatic rings. The monoisotopic (exact) mass is 321 g/mol. The molecule has 0 fully saturated rings. The molecular weight excluding hydrogens is 302 g/mol. The van der Waals surface area contributed by atoms with Gasteiger partial charge in [0.2, 0.25) is 11.8 Å². The normalized spacial score (nSPS) is 11.7. The zero-order valence-electron chi connectivity index (χ0n) is 13.4. The molecule has 122 valence electrons. The first-order valence-corrected chi connectivity index (χ1v) is 7.73. The molecule has 0 bridgehead atoms. The van der Waals surface area contributed by atoms with Gasteiger partial charge in [-0.05, 0) is 23.8 Å². The summed E-state index contributed by atoms with van der Waals surface area (Å²) in [6.07, 6.45) is 5.87. The summed E-state index contributed by atoms with van der Waals surface area (Å²) in [6, 6.07) is 17.4. The minimum Gasteiger partial charge on any atom is -0.481 e. The van der Waals surface area contributed by atoms with E-state index in [9.17, 15) is 4.79 Å². The smallest absolute Gasteiger partial charge is 0.226 e. The van der Waals surface area contributed by atoms with E-state index in [0.717, 1.165) is 5.56 Å². The number of hydrogen-bond acceptors (Lipinski definition) is 3. The number of carbonyl (C=O) groups is 1. The summed E-state index contributed by atoms with van der Waals surface area (Å²) in [5.74, 6) is 0.451. The minimum atomic E-state index is -0.0653. The van der Waals surface area contributed by atoms with E-state index < -0.39 is 0 Å². The zero-order valence-corrected chi connectivity index (χ0v) is 13.4. The molecule has 1 amide bonds. The van der Waals surface area contributed by atoms with Gasteiger partial charge in [-0.1, -0.05) is 30.3 Å². The van der Waals surface area contributed by atoms with E-state index in [1.165, 1.54) is 0 Å². The maximum Gasteiger partial charge on any atom is 0.226 e. The molecule has 5 heteroatoms. The molecule has 0 aliphatic heterocycles. The molecule has 1 atom stereocenters. The van der Waals surface area contributed by atoms with E-state index in [1.54, 1.807) is 25.4 Å². The topological polar surface area (TPSA) is 56.1 Å². The highest BCUT2D eigenvalue weighted by molar-refractivity contribution is 5.91. The molecule has 0 aliphatic carbocycles. The lowest BCUT2D eigenvalue weighted by Gasteiger charge is -2.19. The number of amides is 1. The summed E-state index contributed by atoms with van der Waals surface area (Å²) in [5, 5.41) is 2.89. The van der Waals surface area contributed by atoms with Gasteiger partial charge >= 0.3 is 0 Å². The Morgan fingerprint density at radius 1 is 1.12 bits per heavy atom. The van der Waals surface area contributed by atoms with Crippen LogP contribution in [0.5, 0.6) is 5.88 Å². The fourth-order valence-corrected chi connectivity index (χ4v) is 2.59. The van der Waals surface area contributed by atoms with Gasteiger partial charge in [0.15, 0.2) is 0 Å². The third kappa shape index (κ3) is 3.81. The molecule has 0 saturated heterocycles. The Balaban J connectivity index is 1.73. The van der Waals surface area contributed by atoms with E-state index >= 15 is 0 Å². The summed E-state index contributed by atoms with van der Waals surface area (Å²) in [4.78, 5) is 16.6. The number of carbonyl (C=O) groups excluding carboxylic acids is 1. The second-order valence-corrected chi connectivity index (χ2v) is 5.40. The predicted octanol–water partition coefficient (Wildman–Crippen LogP) is 3.51. The van der Waals surface area contributed by atoms with Crippen molar-refractivity contribution in [3.8, 4) is 5.88 Å². The zero-order chi connectivity index (χ0) is 16.8. The van der Waals surface area contributed by atoms with Crippen LogP contribution in [0.2, 0.25) is 0 Å². The fraction of sp³-hybridized carbons (Fsp3) is 0.158. The molecule has 3 rings (SSSR count). The van der Waals surface area contributed by atoms with Gasteiger partial charge in [-0.2, -0.15) is 0 Å². The number of aromatic nitrogens is 2. The van der Waals surface area contributed by atoms with Gasteiger partial charge in [0, 0.05) is 18.5 Å². The van der Waals surface area contributed by atoms with Crippen molar-refractivity contribution in [1.29, 1.82) is 0 Å². The third-order valence-electron chi connectivity index (χ3n) is 3.78. The van der Waals surface area contributed by atoms with Crippen molar-refractivity contribution in [2.45, 2.75) is 12.5 Å². The molecule has 2 heterocycles. The molecule has 1 N–H and O–H groups in total. The van der Waals surface area contributed by atoms with Crippen LogP contribution in [-0.2, 0) is 4.79 Å². The highest BCUT2D eigenvalue weighted by Crippen LogP contribution is 2.23. The average molecular weight is 321 g/mol. The molecule has 0 radical (unpaired) electrons. The van der Waals surface area contributed by atoms with E-state index in [2.05, 4.69) is 10.3 Å². The van der Waals surface area contributed by atoms with Crippen molar-refractivity contribution in [2.75, 3.05) is 12.4 Å². The van der Waals surface area contributed by atoms with Gasteiger partial charge in [0.25, 0.3) is 0 Å². The van der Waals surface area contributed by atoms with Crippen molar-refractivity contribution in [1.82, 2.24) is 9.55 Å². The predicted molar refractivity (Wildman–Crippen MR) is 93.0 cm³/mol. The van der Waals surface area contributed by atoms with Gasteiger partial charge in [-0.15, -0.1) is 0 Å². The molecule has 0 spiro atoms. The Bertz CT molecular complexity index is 768. The Labute approximate surface area is 140 Å². The lowest BCUT2D eigenvalue weighted by atomic mass is 10.0. The lowest BCUT2D eigenvalue weighted by molar-refractivity contribution is -0.116. The fourth-order valence-electron chi connectivity index (χ4n) is 2.59. The summed E-state index contributed by atoms with van der Waals surface area (Å²) < 4.78 is 7.06. The number of rotatable bonds is 6. The maximum absolute atomic E-state index is 12.5. The van der Waals surface area contributed by atoms with Crippen molar-refractivity contribution in [3.63, 3.8) is 0 Å². The number of nitrogens with zero attached hydrogens (tertiary/aromatic N) is 2. The number of hydrogen-bond donors (Lipinski definition) is 1. The first kappa shape index (κ1) is 15.8. The quantitative estimate of drug-likeness (QED) is 0.756. The van der Waals surface area contributed by atoms with E-state index in [1.807, 2.05) is 59.4 Å². The number of anilines is 1. The van der Waals surface area contributed by atoms with Crippen LogP contribution in [-0.4, -0.2) is 22.6 Å². The third-order valence-corrected chi connectivity index (χ3v) is 3.78. The summed E-state index contributed by atoms with van der Waals surface area (Å²) in [7, 11) is 1.56. The van der Waals surface area contributed by atoms with Crippen molar-refractivity contribution < 1.29 is 9.53 Å². The number of pyridine rings is 1. The Morgan fingerprint density at radius 3 is 2.50 bits per heavy atom. The van der Waals surface area contributed by atoms with Gasteiger partial charge in [0.05, 0.1) is 31.5 Å². The Kier molecular flexibility index (Phi) is 4.91. The van der Waals surface area contributed by atoms with Crippen LogP contribution in [0.4, 0.5) is 5.69 Å². The van der Waals surface area contributed by atoms with Crippen LogP contribution in [0.15, 0.2) is 73.2 Å². The summed E-state index contributed by atoms with van der Waals surface area (Å²) >= 11 is 0. The second kappa shape index (κ2) is 7.46. The number of ether oxygens (including phenoxy) is 1. The van der Waals surface area contributed by atoms with E-state index in [0.29, 0.717) is 18.0 Å². The van der Waals surface area contributed by atoms with Gasteiger partial charge in [-0.3, -0.25) is 4.79 Å². The highest BCUT2D eigenvalue weighted by atomic mass is 16.5. The number of nitrogens with one attached hydrogen (secondary N) is 1. The van der Waals surface area contributed by atoms with Crippen molar-refractivity contribution >= 4 is 11.6 Å². The molecule has 1 aromatic carbocycles. The second-order valence-electron chi connectivity index (χ2n) is 5.40. The van der Waals surface area contributed by atoms with Crippen LogP contribution >= 0.6 is 0 Å². The standard InChI is InChI=1S/C19H19N3O2/c1-24-19-10-9-16(14-20-19)21-18(23)13-17(22-11-5-6-12-22)15-7-3-2-4-8-15/h2-12,14,17H,13H2,1H3,(H,21,23)/t17-/m0/s1. The SMILES string of the molecule is COc1ccc(NC(=O)C[C@@H](c2ccccc2)n2cccc2)cn1. The van der Waals surface area contributed by atoms with Gasteiger partial charge in [0.1, 0.15) is 0 Å². The average Bonchev–Trinajstić information content (AvgIpc) is 3.15. The van der Waals surface area contributed by atoms with Gasteiger partial charge in [-0.25, -0.2) is 4.98 Å².